The number of hydrogen-bond donors (Lipinski definition) is 3. The van der Waals surface area contributed by atoms with E-state index < -0.39 is 0 Å². The standard InChI is InChI=1S/C15H24N4O/c20-14-12-6-8-16-9-7-13(12)18-15(19-14)17-10-11-4-2-1-3-5-11/h11,16H,1-10H2,(H2,17,18,19,20). The summed E-state index contributed by atoms with van der Waals surface area (Å²) in [6.45, 7) is 2.71. The van der Waals surface area contributed by atoms with E-state index in [4.69, 9.17) is 0 Å². The molecule has 5 heteroatoms. The zero-order chi connectivity index (χ0) is 13.8. The molecule has 110 valence electrons. The van der Waals surface area contributed by atoms with Gasteiger partial charge in [0.1, 0.15) is 0 Å². The van der Waals surface area contributed by atoms with Gasteiger partial charge in [-0.25, -0.2) is 4.98 Å². The predicted octanol–water partition coefficient (Wildman–Crippen LogP) is 1.45. The lowest BCUT2D eigenvalue weighted by Crippen LogP contribution is -2.23. The monoisotopic (exact) mass is 276 g/mol. The fourth-order valence-corrected chi connectivity index (χ4v) is 3.27. The summed E-state index contributed by atoms with van der Waals surface area (Å²) in [5.41, 5.74) is 1.85. The van der Waals surface area contributed by atoms with Gasteiger partial charge in [-0.2, -0.15) is 0 Å². The van der Waals surface area contributed by atoms with E-state index in [0.717, 1.165) is 49.7 Å². The Hall–Kier alpha value is -1.36. The fourth-order valence-electron chi connectivity index (χ4n) is 3.27. The van der Waals surface area contributed by atoms with Gasteiger partial charge >= 0.3 is 0 Å². The highest BCUT2D eigenvalue weighted by Gasteiger charge is 2.16. The zero-order valence-corrected chi connectivity index (χ0v) is 12.0. The van der Waals surface area contributed by atoms with Crippen LogP contribution >= 0.6 is 0 Å². The third-order valence-corrected chi connectivity index (χ3v) is 4.47. The van der Waals surface area contributed by atoms with Crippen LogP contribution in [0.1, 0.15) is 43.4 Å². The summed E-state index contributed by atoms with van der Waals surface area (Å²) in [6, 6.07) is 0. The van der Waals surface area contributed by atoms with Crippen molar-refractivity contribution in [3.05, 3.63) is 21.6 Å². The zero-order valence-electron chi connectivity index (χ0n) is 12.0. The molecule has 0 unspecified atom stereocenters. The van der Waals surface area contributed by atoms with Gasteiger partial charge in [0, 0.05) is 25.1 Å². The SMILES string of the molecule is O=c1[nH]c(NCC2CCCCC2)nc2c1CCNCC2. The van der Waals surface area contributed by atoms with Crippen molar-refractivity contribution < 1.29 is 0 Å². The molecule has 0 atom stereocenters. The van der Waals surface area contributed by atoms with E-state index in [1.165, 1.54) is 32.1 Å². The molecule has 0 radical (unpaired) electrons. The van der Waals surface area contributed by atoms with Crippen LogP contribution in [0.15, 0.2) is 4.79 Å². The highest BCUT2D eigenvalue weighted by atomic mass is 16.1. The lowest BCUT2D eigenvalue weighted by Gasteiger charge is -2.22. The summed E-state index contributed by atoms with van der Waals surface area (Å²) < 4.78 is 0. The second kappa shape index (κ2) is 6.39. The van der Waals surface area contributed by atoms with Crippen LogP contribution in [0.4, 0.5) is 5.95 Å². The first kappa shape index (κ1) is 13.6. The molecule has 0 saturated heterocycles. The third-order valence-electron chi connectivity index (χ3n) is 4.47. The Morgan fingerprint density at radius 1 is 1.15 bits per heavy atom. The molecule has 1 aliphatic heterocycles. The summed E-state index contributed by atoms with van der Waals surface area (Å²) >= 11 is 0. The average molecular weight is 276 g/mol. The minimum absolute atomic E-state index is 0.0323. The van der Waals surface area contributed by atoms with Crippen molar-refractivity contribution >= 4 is 5.95 Å². The molecular weight excluding hydrogens is 252 g/mol. The van der Waals surface area contributed by atoms with E-state index in [1.54, 1.807) is 0 Å². The van der Waals surface area contributed by atoms with Crippen molar-refractivity contribution in [2.75, 3.05) is 25.0 Å². The van der Waals surface area contributed by atoms with E-state index in [0.29, 0.717) is 5.95 Å². The van der Waals surface area contributed by atoms with E-state index in [9.17, 15) is 4.79 Å². The molecule has 1 saturated carbocycles. The van der Waals surface area contributed by atoms with E-state index in [-0.39, 0.29) is 5.56 Å². The van der Waals surface area contributed by atoms with Crippen LogP contribution in [0.5, 0.6) is 0 Å². The number of nitrogens with zero attached hydrogens (tertiary/aromatic N) is 1. The summed E-state index contributed by atoms with van der Waals surface area (Å²) in [6.07, 6.45) is 8.27. The number of fused-ring (bicyclic) bond motifs is 1. The molecule has 1 aromatic rings. The minimum Gasteiger partial charge on any atom is -0.355 e. The molecule has 0 bridgehead atoms. The number of rotatable bonds is 3. The maximum Gasteiger partial charge on any atom is 0.255 e. The smallest absolute Gasteiger partial charge is 0.255 e. The van der Waals surface area contributed by atoms with Crippen molar-refractivity contribution in [3.63, 3.8) is 0 Å². The first-order valence-electron chi connectivity index (χ1n) is 7.89. The fraction of sp³-hybridized carbons (Fsp3) is 0.733. The van der Waals surface area contributed by atoms with Crippen LogP contribution in [-0.2, 0) is 12.8 Å². The first-order chi connectivity index (χ1) is 9.83. The Morgan fingerprint density at radius 3 is 2.80 bits per heavy atom. The Balaban J connectivity index is 1.69. The third kappa shape index (κ3) is 3.20. The Morgan fingerprint density at radius 2 is 1.95 bits per heavy atom. The van der Waals surface area contributed by atoms with E-state index in [2.05, 4.69) is 20.6 Å². The molecule has 2 aliphatic rings. The van der Waals surface area contributed by atoms with Gasteiger partial charge < -0.3 is 10.6 Å². The summed E-state index contributed by atoms with van der Waals surface area (Å²) in [4.78, 5) is 19.6. The molecule has 1 aliphatic carbocycles. The topological polar surface area (TPSA) is 69.8 Å². The number of H-pyrrole nitrogens is 1. The molecule has 5 nitrogen and oxygen atoms in total. The lowest BCUT2D eigenvalue weighted by molar-refractivity contribution is 0.373. The molecule has 0 spiro atoms. The van der Waals surface area contributed by atoms with Crippen LogP contribution in [0.2, 0.25) is 0 Å². The Bertz CT molecular complexity index is 505. The van der Waals surface area contributed by atoms with E-state index >= 15 is 0 Å². The predicted molar refractivity (Wildman–Crippen MR) is 80.2 cm³/mol. The highest BCUT2D eigenvalue weighted by Crippen LogP contribution is 2.23. The maximum atomic E-state index is 12.1. The normalized spacial score (nSPS) is 20.2. The van der Waals surface area contributed by atoms with Crippen molar-refractivity contribution in [3.8, 4) is 0 Å². The number of aromatic amines is 1. The van der Waals surface area contributed by atoms with Crippen LogP contribution in [0.25, 0.3) is 0 Å². The second-order valence-electron chi connectivity index (χ2n) is 5.97. The van der Waals surface area contributed by atoms with E-state index in [1.807, 2.05) is 0 Å². The van der Waals surface area contributed by atoms with Gasteiger partial charge in [-0.3, -0.25) is 9.78 Å². The number of hydrogen-bond acceptors (Lipinski definition) is 4. The molecule has 0 aromatic carbocycles. The molecule has 1 aromatic heterocycles. The number of aromatic nitrogens is 2. The van der Waals surface area contributed by atoms with Crippen LogP contribution in [0.3, 0.4) is 0 Å². The van der Waals surface area contributed by atoms with Crippen molar-refractivity contribution in [1.82, 2.24) is 15.3 Å². The Kier molecular flexibility index (Phi) is 4.35. The second-order valence-corrected chi connectivity index (χ2v) is 5.97. The molecule has 2 heterocycles. The molecule has 20 heavy (non-hydrogen) atoms. The van der Waals surface area contributed by atoms with Crippen molar-refractivity contribution in [1.29, 1.82) is 0 Å². The van der Waals surface area contributed by atoms with Gasteiger partial charge in [-0.15, -0.1) is 0 Å². The largest absolute Gasteiger partial charge is 0.355 e. The van der Waals surface area contributed by atoms with Crippen molar-refractivity contribution in [2.24, 2.45) is 5.92 Å². The van der Waals surface area contributed by atoms with Gasteiger partial charge in [-0.1, -0.05) is 19.3 Å². The van der Waals surface area contributed by atoms with Crippen LogP contribution in [-0.4, -0.2) is 29.6 Å². The number of anilines is 1. The minimum atomic E-state index is 0.0323. The summed E-state index contributed by atoms with van der Waals surface area (Å²) in [7, 11) is 0. The molecular formula is C15H24N4O. The van der Waals surface area contributed by atoms with Crippen molar-refractivity contribution in [2.45, 2.75) is 44.9 Å². The highest BCUT2D eigenvalue weighted by molar-refractivity contribution is 5.30. The first-order valence-corrected chi connectivity index (χ1v) is 7.89. The van der Waals surface area contributed by atoms with Gasteiger partial charge in [-0.05, 0) is 31.7 Å². The quantitative estimate of drug-likeness (QED) is 0.781. The summed E-state index contributed by atoms with van der Waals surface area (Å²) in [5.74, 6) is 1.38. The molecule has 0 amide bonds. The molecule has 3 N–H and O–H groups in total. The van der Waals surface area contributed by atoms with Gasteiger partial charge in [0.05, 0.1) is 5.69 Å². The average Bonchev–Trinajstić information content (AvgIpc) is 2.72. The maximum absolute atomic E-state index is 12.1. The Labute approximate surface area is 119 Å². The van der Waals surface area contributed by atoms with Gasteiger partial charge in [0.25, 0.3) is 5.56 Å². The molecule has 1 fully saturated rings. The number of nitrogens with one attached hydrogen (secondary N) is 3. The van der Waals surface area contributed by atoms with Gasteiger partial charge in [0.15, 0.2) is 0 Å². The molecule has 3 rings (SSSR count). The van der Waals surface area contributed by atoms with Crippen LogP contribution < -0.4 is 16.2 Å². The van der Waals surface area contributed by atoms with Gasteiger partial charge in [0.2, 0.25) is 5.95 Å². The van der Waals surface area contributed by atoms with Crippen LogP contribution in [0, 0.1) is 5.92 Å². The lowest BCUT2D eigenvalue weighted by atomic mass is 9.89. The summed E-state index contributed by atoms with van der Waals surface area (Å²) in [5, 5.41) is 6.65.